The lowest BCUT2D eigenvalue weighted by Crippen LogP contribution is -2.11. The molecule has 4 N–H and O–H groups in total. The number of primary sulfonamides is 1. The van der Waals surface area contributed by atoms with Gasteiger partial charge >= 0.3 is 0 Å². The van der Waals surface area contributed by atoms with Crippen molar-refractivity contribution in [2.24, 2.45) is 15.4 Å². The zero-order valence-corrected chi connectivity index (χ0v) is 18.3. The zero-order chi connectivity index (χ0) is 22.4. The number of aromatic hydroxyl groups is 1. The largest absolute Gasteiger partial charge is 0.507 e. The fourth-order valence-corrected chi connectivity index (χ4v) is 4.79. The van der Waals surface area contributed by atoms with Gasteiger partial charge in [-0.05, 0) is 47.9 Å². The van der Waals surface area contributed by atoms with E-state index < -0.39 is 20.0 Å². The molecule has 0 fully saturated rings. The SMILES string of the molecule is CS(=O)(=O)Nc1cccc2c(O)ccc(N=Nc3snc4ccc(S(N)(=O)=O)cc34)c12. The van der Waals surface area contributed by atoms with Crippen LogP contribution in [0.5, 0.6) is 5.75 Å². The van der Waals surface area contributed by atoms with Gasteiger partial charge in [0.25, 0.3) is 0 Å². The van der Waals surface area contributed by atoms with Gasteiger partial charge in [0.2, 0.25) is 20.0 Å². The van der Waals surface area contributed by atoms with Crippen LogP contribution in [0.15, 0.2) is 63.7 Å². The minimum atomic E-state index is -3.90. The highest BCUT2D eigenvalue weighted by molar-refractivity contribution is 7.92. The number of anilines is 1. The van der Waals surface area contributed by atoms with Crippen molar-refractivity contribution in [2.75, 3.05) is 11.0 Å². The summed E-state index contributed by atoms with van der Waals surface area (Å²) in [5.74, 6) is -0.0489. The number of rotatable bonds is 5. The van der Waals surface area contributed by atoms with Gasteiger partial charge in [0, 0.05) is 16.2 Å². The summed E-state index contributed by atoms with van der Waals surface area (Å²) in [4.78, 5) is -0.0774. The number of nitrogens with two attached hydrogens (primary N) is 1. The maximum absolute atomic E-state index is 11.8. The second-order valence-electron chi connectivity index (χ2n) is 6.62. The second kappa shape index (κ2) is 7.53. The standard InChI is InChI=1S/C18H15N5O5S3/c1-30(25,26)23-15-4-2-3-11-16(24)8-7-14(17(11)15)20-21-18-12-9-10(31(19,27)28)5-6-13(12)22-29-18/h2-9,23-24H,1H3,(H2,19,27,28). The molecule has 4 aromatic rings. The van der Waals surface area contributed by atoms with Crippen LogP contribution in [-0.2, 0) is 20.0 Å². The van der Waals surface area contributed by atoms with E-state index in [9.17, 15) is 21.9 Å². The minimum absolute atomic E-state index is 0.0489. The molecule has 160 valence electrons. The molecule has 10 nitrogen and oxygen atoms in total. The van der Waals surface area contributed by atoms with Crippen LogP contribution in [0.4, 0.5) is 16.4 Å². The Labute approximate surface area is 181 Å². The Morgan fingerprint density at radius 1 is 1.03 bits per heavy atom. The number of phenols is 1. The lowest BCUT2D eigenvalue weighted by molar-refractivity contribution is 0.481. The Kier molecular flexibility index (Phi) is 5.13. The van der Waals surface area contributed by atoms with Crippen molar-refractivity contribution >= 4 is 69.6 Å². The summed E-state index contributed by atoms with van der Waals surface area (Å²) in [6, 6.07) is 11.9. The highest BCUT2D eigenvalue weighted by atomic mass is 32.2. The maximum atomic E-state index is 11.8. The lowest BCUT2D eigenvalue weighted by Gasteiger charge is -2.10. The first kappa shape index (κ1) is 21.1. The Hall–Kier alpha value is -3.13. The van der Waals surface area contributed by atoms with Crippen molar-refractivity contribution in [3.63, 3.8) is 0 Å². The van der Waals surface area contributed by atoms with E-state index in [0.717, 1.165) is 17.8 Å². The van der Waals surface area contributed by atoms with Gasteiger partial charge in [-0.3, -0.25) is 4.72 Å². The highest BCUT2D eigenvalue weighted by Gasteiger charge is 2.15. The maximum Gasteiger partial charge on any atom is 0.238 e. The van der Waals surface area contributed by atoms with E-state index in [4.69, 9.17) is 5.14 Å². The summed E-state index contributed by atoms with van der Waals surface area (Å²) in [5.41, 5.74) is 1.06. The van der Waals surface area contributed by atoms with Gasteiger partial charge in [-0.2, -0.15) is 4.37 Å². The third-order valence-corrected chi connectivity index (χ3v) is 6.56. The van der Waals surface area contributed by atoms with Gasteiger partial charge in [-0.1, -0.05) is 12.1 Å². The molecule has 13 heteroatoms. The number of sulfonamides is 2. The van der Waals surface area contributed by atoms with E-state index in [1.165, 1.54) is 30.3 Å². The number of hydrogen-bond acceptors (Lipinski definition) is 9. The molecule has 1 aromatic heterocycles. The zero-order valence-electron chi connectivity index (χ0n) is 15.8. The summed E-state index contributed by atoms with van der Waals surface area (Å²) in [5, 5.41) is 25.3. The van der Waals surface area contributed by atoms with E-state index in [-0.39, 0.29) is 16.3 Å². The van der Waals surface area contributed by atoms with Crippen LogP contribution in [0.3, 0.4) is 0 Å². The molecule has 0 unspecified atom stereocenters. The van der Waals surface area contributed by atoms with Crippen molar-refractivity contribution < 1.29 is 21.9 Å². The molecule has 0 amide bonds. The van der Waals surface area contributed by atoms with Crippen LogP contribution in [0, 0.1) is 0 Å². The van der Waals surface area contributed by atoms with Gasteiger partial charge < -0.3 is 5.11 Å². The van der Waals surface area contributed by atoms with E-state index in [1.807, 2.05) is 0 Å². The minimum Gasteiger partial charge on any atom is -0.507 e. The number of phenolic OH excluding ortho intramolecular Hbond substituents is 1. The summed E-state index contributed by atoms with van der Waals surface area (Å²) >= 11 is 1.02. The number of nitrogens with one attached hydrogen (secondary N) is 1. The van der Waals surface area contributed by atoms with Crippen molar-refractivity contribution in [3.8, 4) is 5.75 Å². The molecule has 0 atom stereocenters. The van der Waals surface area contributed by atoms with Crippen LogP contribution in [0.1, 0.15) is 0 Å². The Morgan fingerprint density at radius 2 is 1.81 bits per heavy atom. The quantitative estimate of drug-likeness (QED) is 0.372. The van der Waals surface area contributed by atoms with E-state index >= 15 is 0 Å². The van der Waals surface area contributed by atoms with Crippen molar-refractivity contribution in [3.05, 3.63) is 48.5 Å². The molecule has 0 radical (unpaired) electrons. The van der Waals surface area contributed by atoms with Crippen LogP contribution in [-0.4, -0.2) is 32.6 Å². The molecule has 0 aliphatic rings. The predicted molar refractivity (Wildman–Crippen MR) is 119 cm³/mol. The Bertz CT molecular complexity index is 1580. The fourth-order valence-electron chi connectivity index (χ4n) is 3.00. The lowest BCUT2D eigenvalue weighted by atomic mass is 10.1. The number of aromatic nitrogens is 1. The second-order valence-corrected chi connectivity index (χ2v) is 10.7. The number of hydrogen-bond donors (Lipinski definition) is 3. The van der Waals surface area contributed by atoms with Crippen LogP contribution in [0.25, 0.3) is 21.7 Å². The highest BCUT2D eigenvalue weighted by Crippen LogP contribution is 2.40. The molecule has 0 spiro atoms. The van der Waals surface area contributed by atoms with Gasteiger partial charge in [-0.25, -0.2) is 22.0 Å². The topological polar surface area (TPSA) is 164 Å². The molecule has 0 bridgehead atoms. The molecule has 0 aliphatic heterocycles. The molecule has 31 heavy (non-hydrogen) atoms. The normalized spacial score (nSPS) is 12.7. The average molecular weight is 478 g/mol. The third-order valence-electron chi connectivity index (χ3n) is 4.30. The monoisotopic (exact) mass is 477 g/mol. The van der Waals surface area contributed by atoms with E-state index in [0.29, 0.717) is 32.4 Å². The van der Waals surface area contributed by atoms with Crippen LogP contribution < -0.4 is 9.86 Å². The molecule has 3 aromatic carbocycles. The van der Waals surface area contributed by atoms with Gasteiger partial charge in [0.05, 0.1) is 28.0 Å². The number of benzene rings is 3. The predicted octanol–water partition coefficient (Wildman–Crippen LogP) is 3.59. The van der Waals surface area contributed by atoms with Gasteiger partial charge in [0.1, 0.15) is 5.75 Å². The van der Waals surface area contributed by atoms with E-state index in [2.05, 4.69) is 19.3 Å². The third kappa shape index (κ3) is 4.34. The smallest absolute Gasteiger partial charge is 0.238 e. The van der Waals surface area contributed by atoms with Gasteiger partial charge in [0.15, 0.2) is 5.00 Å². The molecule has 0 saturated carbocycles. The van der Waals surface area contributed by atoms with Crippen LogP contribution in [0.2, 0.25) is 0 Å². The first-order chi connectivity index (χ1) is 14.5. The van der Waals surface area contributed by atoms with E-state index in [1.54, 1.807) is 18.2 Å². The first-order valence-corrected chi connectivity index (χ1v) is 12.8. The van der Waals surface area contributed by atoms with Crippen molar-refractivity contribution in [1.29, 1.82) is 0 Å². The fraction of sp³-hybridized carbons (Fsp3) is 0.0556. The summed E-state index contributed by atoms with van der Waals surface area (Å²) in [6.45, 7) is 0. The summed E-state index contributed by atoms with van der Waals surface area (Å²) < 4.78 is 53.4. The number of nitrogens with zero attached hydrogens (tertiary/aromatic N) is 3. The number of fused-ring (bicyclic) bond motifs is 2. The molecular weight excluding hydrogens is 462 g/mol. The van der Waals surface area contributed by atoms with Gasteiger partial charge in [-0.15, -0.1) is 10.2 Å². The molecule has 0 saturated heterocycles. The number of azo groups is 1. The Balaban J connectivity index is 1.86. The molecule has 4 rings (SSSR count). The van der Waals surface area contributed by atoms with Crippen molar-refractivity contribution in [2.45, 2.75) is 4.90 Å². The van der Waals surface area contributed by atoms with Crippen molar-refractivity contribution in [1.82, 2.24) is 4.37 Å². The first-order valence-electron chi connectivity index (χ1n) is 8.59. The Morgan fingerprint density at radius 3 is 2.52 bits per heavy atom. The van der Waals surface area contributed by atoms with Crippen LogP contribution >= 0.6 is 11.5 Å². The molecule has 1 heterocycles. The average Bonchev–Trinajstić information content (AvgIpc) is 3.08. The summed E-state index contributed by atoms with van der Waals surface area (Å²) in [7, 11) is -7.49. The molecular formula is C18H15N5O5S3. The molecule has 0 aliphatic carbocycles. The summed E-state index contributed by atoms with van der Waals surface area (Å²) in [6.07, 6.45) is 1.02.